The zero-order chi connectivity index (χ0) is 17.6. The molecule has 7 heteroatoms. The second-order valence-electron chi connectivity index (χ2n) is 6.27. The van der Waals surface area contributed by atoms with Crippen LogP contribution in [0.2, 0.25) is 0 Å². The fourth-order valence-electron chi connectivity index (χ4n) is 2.81. The lowest BCUT2D eigenvalue weighted by atomic mass is 10.2. The molecule has 2 aromatic heterocycles. The van der Waals surface area contributed by atoms with Gasteiger partial charge in [-0.25, -0.2) is 4.98 Å². The van der Waals surface area contributed by atoms with E-state index in [0.717, 1.165) is 43.1 Å². The Labute approximate surface area is 148 Å². The van der Waals surface area contributed by atoms with Gasteiger partial charge in [-0.15, -0.1) is 0 Å². The number of anilines is 1. The Bertz CT molecular complexity index is 746. The highest BCUT2D eigenvalue weighted by molar-refractivity contribution is 5.91. The molecule has 0 unspecified atom stereocenters. The molecule has 3 heterocycles. The van der Waals surface area contributed by atoms with Crippen molar-refractivity contribution in [3.63, 3.8) is 0 Å². The van der Waals surface area contributed by atoms with Crippen molar-refractivity contribution in [1.82, 2.24) is 25.0 Å². The predicted octanol–water partition coefficient (Wildman–Crippen LogP) is 0.896. The number of hydrogen-bond donors (Lipinski definition) is 1. The molecule has 0 saturated carbocycles. The number of aromatic nitrogens is 3. The lowest BCUT2D eigenvalue weighted by Crippen LogP contribution is -2.45. The highest BCUT2D eigenvalue weighted by atomic mass is 16.1. The van der Waals surface area contributed by atoms with Gasteiger partial charge in [-0.05, 0) is 19.2 Å². The van der Waals surface area contributed by atoms with E-state index in [2.05, 4.69) is 32.2 Å². The molecule has 1 amide bonds. The summed E-state index contributed by atoms with van der Waals surface area (Å²) < 4.78 is 1.70. The van der Waals surface area contributed by atoms with E-state index in [4.69, 9.17) is 0 Å². The molecule has 1 N–H and O–H groups in total. The topological polar surface area (TPSA) is 66.3 Å². The maximum Gasteiger partial charge on any atom is 0.244 e. The van der Waals surface area contributed by atoms with Crippen LogP contribution in [0.15, 0.2) is 36.8 Å². The Morgan fingerprint density at radius 2 is 2.08 bits per heavy atom. The highest BCUT2D eigenvalue weighted by Gasteiger charge is 2.17. The normalized spacial score (nSPS) is 15.7. The third kappa shape index (κ3) is 4.67. The van der Waals surface area contributed by atoms with Crippen molar-refractivity contribution in [1.29, 1.82) is 0 Å². The summed E-state index contributed by atoms with van der Waals surface area (Å²) in [6, 6.07) is 3.93. The van der Waals surface area contributed by atoms with Crippen LogP contribution in [-0.2, 0) is 18.4 Å². The average molecular weight is 340 g/mol. The molecule has 1 aliphatic rings. The van der Waals surface area contributed by atoms with E-state index in [1.165, 1.54) is 6.08 Å². The average Bonchev–Trinajstić information content (AvgIpc) is 3.04. The summed E-state index contributed by atoms with van der Waals surface area (Å²) in [4.78, 5) is 21.2. The van der Waals surface area contributed by atoms with E-state index in [0.29, 0.717) is 6.54 Å². The number of nitrogens with one attached hydrogen (secondary N) is 1. The molecule has 132 valence electrons. The third-order valence-electron chi connectivity index (χ3n) is 4.28. The Morgan fingerprint density at radius 3 is 2.80 bits per heavy atom. The maximum absolute atomic E-state index is 12.1. The minimum Gasteiger partial charge on any atom is -0.354 e. The van der Waals surface area contributed by atoms with Crippen LogP contribution in [0.1, 0.15) is 11.1 Å². The van der Waals surface area contributed by atoms with Gasteiger partial charge < -0.3 is 15.1 Å². The molecule has 0 bridgehead atoms. The molecule has 2 aromatic rings. The van der Waals surface area contributed by atoms with Crippen molar-refractivity contribution >= 4 is 17.8 Å². The van der Waals surface area contributed by atoms with Gasteiger partial charge in [0.2, 0.25) is 5.91 Å². The summed E-state index contributed by atoms with van der Waals surface area (Å²) in [7, 11) is 3.98. The van der Waals surface area contributed by atoms with Crippen LogP contribution in [0.25, 0.3) is 6.08 Å². The Balaban J connectivity index is 1.59. The number of amides is 1. The van der Waals surface area contributed by atoms with Crippen LogP contribution >= 0.6 is 0 Å². The SMILES string of the molecule is CN1CCN(c2ncccc2CNC(=O)/C=C/c2cnn(C)c2)CC1. The lowest BCUT2D eigenvalue weighted by molar-refractivity contribution is -0.116. The standard InChI is InChI=1S/C18H24N6O/c1-22-8-10-24(11-9-22)18-16(4-3-7-19-18)13-20-17(25)6-5-15-12-21-23(2)14-15/h3-7,12,14H,8-11,13H2,1-2H3,(H,20,25)/b6-5+. The van der Waals surface area contributed by atoms with E-state index in [1.54, 1.807) is 23.2 Å². The second-order valence-corrected chi connectivity index (χ2v) is 6.27. The van der Waals surface area contributed by atoms with Gasteiger partial charge in [-0.2, -0.15) is 5.10 Å². The second kappa shape index (κ2) is 7.94. The van der Waals surface area contributed by atoms with Gasteiger partial charge in [0.05, 0.1) is 6.20 Å². The molecule has 0 atom stereocenters. The van der Waals surface area contributed by atoms with Gasteiger partial charge in [-0.1, -0.05) is 6.07 Å². The first-order chi connectivity index (χ1) is 12.1. The Morgan fingerprint density at radius 1 is 1.28 bits per heavy atom. The van der Waals surface area contributed by atoms with Crippen molar-refractivity contribution in [2.24, 2.45) is 7.05 Å². The molecule has 1 fully saturated rings. The number of hydrogen-bond acceptors (Lipinski definition) is 5. The first-order valence-corrected chi connectivity index (χ1v) is 8.44. The van der Waals surface area contributed by atoms with Crippen molar-refractivity contribution in [2.75, 3.05) is 38.1 Å². The van der Waals surface area contributed by atoms with Gasteiger partial charge >= 0.3 is 0 Å². The third-order valence-corrected chi connectivity index (χ3v) is 4.28. The van der Waals surface area contributed by atoms with Crippen molar-refractivity contribution in [3.8, 4) is 0 Å². The highest BCUT2D eigenvalue weighted by Crippen LogP contribution is 2.18. The van der Waals surface area contributed by atoms with Crippen molar-refractivity contribution in [3.05, 3.63) is 47.9 Å². The monoisotopic (exact) mass is 340 g/mol. The van der Waals surface area contributed by atoms with Crippen molar-refractivity contribution in [2.45, 2.75) is 6.54 Å². The first kappa shape index (κ1) is 17.2. The number of carbonyl (C=O) groups excluding carboxylic acids is 1. The van der Waals surface area contributed by atoms with Crippen LogP contribution in [-0.4, -0.2) is 58.8 Å². The molecular formula is C18H24N6O. The van der Waals surface area contributed by atoms with Crippen LogP contribution in [0.5, 0.6) is 0 Å². The Hall–Kier alpha value is -2.67. The molecule has 0 aromatic carbocycles. The fraction of sp³-hybridized carbons (Fsp3) is 0.389. The zero-order valence-corrected chi connectivity index (χ0v) is 14.7. The largest absolute Gasteiger partial charge is 0.354 e. The molecule has 0 spiro atoms. The van der Waals surface area contributed by atoms with Crippen LogP contribution < -0.4 is 10.2 Å². The molecule has 0 aliphatic carbocycles. The number of piperazine rings is 1. The summed E-state index contributed by atoms with van der Waals surface area (Å²) in [6.07, 6.45) is 8.67. The number of rotatable bonds is 5. The van der Waals surface area contributed by atoms with Crippen molar-refractivity contribution < 1.29 is 4.79 Å². The molecule has 0 radical (unpaired) electrons. The summed E-state index contributed by atoms with van der Waals surface area (Å²) >= 11 is 0. The van der Waals surface area contributed by atoms with E-state index in [9.17, 15) is 4.79 Å². The lowest BCUT2D eigenvalue weighted by Gasteiger charge is -2.34. The summed E-state index contributed by atoms with van der Waals surface area (Å²) in [5, 5.41) is 7.01. The van der Waals surface area contributed by atoms with Gasteiger partial charge in [0.15, 0.2) is 0 Å². The number of nitrogens with zero attached hydrogens (tertiary/aromatic N) is 5. The smallest absolute Gasteiger partial charge is 0.244 e. The first-order valence-electron chi connectivity index (χ1n) is 8.44. The van der Waals surface area contributed by atoms with Crippen LogP contribution in [0.3, 0.4) is 0 Å². The molecule has 25 heavy (non-hydrogen) atoms. The minimum atomic E-state index is -0.128. The van der Waals surface area contributed by atoms with Gasteiger partial charge in [0.25, 0.3) is 0 Å². The predicted molar refractivity (Wildman–Crippen MR) is 98.0 cm³/mol. The zero-order valence-electron chi connectivity index (χ0n) is 14.7. The summed E-state index contributed by atoms with van der Waals surface area (Å²) in [6.45, 7) is 4.42. The summed E-state index contributed by atoms with van der Waals surface area (Å²) in [5.74, 6) is 0.837. The van der Waals surface area contributed by atoms with E-state index >= 15 is 0 Å². The fourth-order valence-corrected chi connectivity index (χ4v) is 2.81. The number of likely N-dealkylation sites (N-methyl/N-ethyl adjacent to an activating group) is 1. The quantitative estimate of drug-likeness (QED) is 0.819. The van der Waals surface area contributed by atoms with Gasteiger partial charge in [0.1, 0.15) is 5.82 Å². The maximum atomic E-state index is 12.1. The molecule has 1 saturated heterocycles. The van der Waals surface area contributed by atoms with Crippen LogP contribution in [0, 0.1) is 0 Å². The molecule has 7 nitrogen and oxygen atoms in total. The molecular weight excluding hydrogens is 316 g/mol. The van der Waals surface area contributed by atoms with Crippen LogP contribution in [0.4, 0.5) is 5.82 Å². The van der Waals surface area contributed by atoms with E-state index in [-0.39, 0.29) is 5.91 Å². The number of aryl methyl sites for hydroxylation is 1. The Kier molecular flexibility index (Phi) is 5.45. The molecule has 3 rings (SSSR count). The number of pyridine rings is 1. The molecule has 1 aliphatic heterocycles. The van der Waals surface area contributed by atoms with E-state index in [1.807, 2.05) is 25.4 Å². The van der Waals surface area contributed by atoms with Gasteiger partial charge in [-0.3, -0.25) is 9.48 Å². The van der Waals surface area contributed by atoms with Gasteiger partial charge in [0, 0.05) is 69.4 Å². The number of carbonyl (C=O) groups is 1. The van der Waals surface area contributed by atoms with E-state index < -0.39 is 0 Å². The summed E-state index contributed by atoms with van der Waals surface area (Å²) in [5.41, 5.74) is 1.94. The minimum absolute atomic E-state index is 0.128.